The highest BCUT2D eigenvalue weighted by Gasteiger charge is 2.17. The minimum Gasteiger partial charge on any atom is -0.452 e. The Bertz CT molecular complexity index is 805. The quantitative estimate of drug-likeness (QED) is 0.805. The highest BCUT2D eigenvalue weighted by atomic mass is 19.1. The van der Waals surface area contributed by atoms with Crippen LogP contribution in [0.25, 0.3) is 0 Å². The first-order chi connectivity index (χ1) is 12.4. The maximum atomic E-state index is 13.5. The van der Waals surface area contributed by atoms with E-state index in [9.17, 15) is 18.8 Å². The van der Waals surface area contributed by atoms with E-state index in [4.69, 9.17) is 4.74 Å². The number of nitrogens with one attached hydrogen (secondary N) is 1. The molecule has 2 aromatic rings. The first-order valence-electron chi connectivity index (χ1n) is 7.89. The number of nitrogens with zero attached hydrogens (tertiary/aromatic N) is 1. The fraction of sp³-hybridized carbons (Fsp3) is 0.211. The summed E-state index contributed by atoms with van der Waals surface area (Å²) in [6.07, 6.45) is 0. The average molecular weight is 358 g/mol. The van der Waals surface area contributed by atoms with E-state index in [0.29, 0.717) is 5.69 Å². The van der Waals surface area contributed by atoms with Crippen molar-refractivity contribution in [3.05, 3.63) is 65.5 Å². The Morgan fingerprint density at radius 1 is 1.08 bits per heavy atom. The molecule has 0 spiro atoms. The number of amides is 2. The van der Waals surface area contributed by atoms with Gasteiger partial charge >= 0.3 is 5.97 Å². The SMILES string of the molecule is Cc1ccc(NC(=O)CN(C)C(=O)COC(=O)c2ccccc2F)cc1. The van der Waals surface area contributed by atoms with E-state index in [2.05, 4.69) is 5.32 Å². The molecule has 7 heteroatoms. The van der Waals surface area contributed by atoms with Gasteiger partial charge in [-0.2, -0.15) is 0 Å². The Balaban J connectivity index is 1.81. The summed E-state index contributed by atoms with van der Waals surface area (Å²) in [5, 5.41) is 2.66. The maximum Gasteiger partial charge on any atom is 0.341 e. The normalized spacial score (nSPS) is 10.1. The van der Waals surface area contributed by atoms with E-state index in [1.165, 1.54) is 25.2 Å². The van der Waals surface area contributed by atoms with Gasteiger partial charge in [-0.05, 0) is 31.2 Å². The topological polar surface area (TPSA) is 75.7 Å². The van der Waals surface area contributed by atoms with Crippen LogP contribution in [-0.4, -0.2) is 42.9 Å². The molecule has 6 nitrogen and oxygen atoms in total. The fourth-order valence-corrected chi connectivity index (χ4v) is 2.08. The van der Waals surface area contributed by atoms with Gasteiger partial charge in [0.25, 0.3) is 5.91 Å². The monoisotopic (exact) mass is 358 g/mol. The predicted octanol–water partition coefficient (Wildman–Crippen LogP) is 2.39. The van der Waals surface area contributed by atoms with Gasteiger partial charge in [-0.25, -0.2) is 9.18 Å². The highest BCUT2D eigenvalue weighted by Crippen LogP contribution is 2.09. The van der Waals surface area contributed by atoms with Crippen molar-refractivity contribution in [1.82, 2.24) is 4.90 Å². The maximum absolute atomic E-state index is 13.5. The van der Waals surface area contributed by atoms with E-state index >= 15 is 0 Å². The summed E-state index contributed by atoms with van der Waals surface area (Å²) in [5.74, 6) is -2.62. The lowest BCUT2D eigenvalue weighted by Gasteiger charge is -2.17. The number of benzene rings is 2. The number of esters is 1. The molecule has 0 radical (unpaired) electrons. The molecule has 0 heterocycles. The highest BCUT2D eigenvalue weighted by molar-refractivity contribution is 5.95. The van der Waals surface area contributed by atoms with Gasteiger partial charge in [0.15, 0.2) is 6.61 Å². The number of halogens is 1. The summed E-state index contributed by atoms with van der Waals surface area (Å²) in [7, 11) is 1.41. The van der Waals surface area contributed by atoms with Crippen molar-refractivity contribution in [2.45, 2.75) is 6.92 Å². The number of hydrogen-bond donors (Lipinski definition) is 1. The summed E-state index contributed by atoms with van der Waals surface area (Å²) >= 11 is 0. The first kappa shape index (κ1) is 19.1. The van der Waals surface area contributed by atoms with E-state index in [1.807, 2.05) is 19.1 Å². The summed E-state index contributed by atoms with van der Waals surface area (Å²) in [6.45, 7) is 1.14. The molecule has 0 saturated heterocycles. The zero-order chi connectivity index (χ0) is 19.1. The lowest BCUT2D eigenvalue weighted by Crippen LogP contribution is -2.37. The summed E-state index contributed by atoms with van der Waals surface area (Å²) in [4.78, 5) is 36.8. The van der Waals surface area contributed by atoms with E-state index in [0.717, 1.165) is 16.5 Å². The third-order valence-electron chi connectivity index (χ3n) is 3.56. The molecule has 0 bridgehead atoms. The lowest BCUT2D eigenvalue weighted by molar-refractivity contribution is -0.136. The second-order valence-electron chi connectivity index (χ2n) is 5.72. The van der Waals surface area contributed by atoms with Gasteiger partial charge in [-0.3, -0.25) is 9.59 Å². The summed E-state index contributed by atoms with van der Waals surface area (Å²) in [5.41, 5.74) is 1.43. The van der Waals surface area contributed by atoms with Crippen LogP contribution in [0, 0.1) is 12.7 Å². The van der Waals surface area contributed by atoms with Crippen LogP contribution in [0.4, 0.5) is 10.1 Å². The van der Waals surface area contributed by atoms with Gasteiger partial charge in [0, 0.05) is 12.7 Å². The van der Waals surface area contributed by atoms with Crippen LogP contribution < -0.4 is 5.32 Å². The van der Waals surface area contributed by atoms with Crippen LogP contribution in [0.3, 0.4) is 0 Å². The number of likely N-dealkylation sites (N-methyl/N-ethyl adjacent to an activating group) is 1. The van der Waals surface area contributed by atoms with Crippen molar-refractivity contribution in [3.63, 3.8) is 0 Å². The third kappa shape index (κ3) is 5.41. The van der Waals surface area contributed by atoms with Crippen LogP contribution in [0.15, 0.2) is 48.5 Å². The molecule has 0 aliphatic carbocycles. The van der Waals surface area contributed by atoms with Gasteiger partial charge in [0.05, 0.1) is 12.1 Å². The van der Waals surface area contributed by atoms with E-state index in [-0.39, 0.29) is 18.0 Å². The molecule has 0 fully saturated rings. The minimum absolute atomic E-state index is 0.204. The van der Waals surface area contributed by atoms with Crippen LogP contribution in [0.1, 0.15) is 15.9 Å². The number of anilines is 1. The van der Waals surface area contributed by atoms with Crippen molar-refractivity contribution < 1.29 is 23.5 Å². The van der Waals surface area contributed by atoms with Crippen LogP contribution in [0.5, 0.6) is 0 Å². The van der Waals surface area contributed by atoms with Crippen molar-refractivity contribution in [1.29, 1.82) is 0 Å². The van der Waals surface area contributed by atoms with Crippen molar-refractivity contribution in [3.8, 4) is 0 Å². The molecule has 0 unspecified atom stereocenters. The zero-order valence-electron chi connectivity index (χ0n) is 14.5. The van der Waals surface area contributed by atoms with Crippen LogP contribution >= 0.6 is 0 Å². The van der Waals surface area contributed by atoms with Crippen molar-refractivity contribution in [2.24, 2.45) is 0 Å². The van der Waals surface area contributed by atoms with Crippen LogP contribution in [0.2, 0.25) is 0 Å². The summed E-state index contributed by atoms with van der Waals surface area (Å²) < 4.78 is 18.3. The third-order valence-corrected chi connectivity index (χ3v) is 3.56. The van der Waals surface area contributed by atoms with Gasteiger partial charge in [-0.15, -0.1) is 0 Å². The Labute approximate surface area is 150 Å². The molecule has 0 atom stereocenters. The molecule has 0 aliphatic rings. The standard InChI is InChI=1S/C19H19FN2O4/c1-13-7-9-14(10-8-13)21-17(23)11-22(2)18(24)12-26-19(25)15-5-3-4-6-16(15)20/h3-10H,11-12H2,1-2H3,(H,21,23). The second kappa shape index (κ2) is 8.75. The fourth-order valence-electron chi connectivity index (χ4n) is 2.08. The molecular formula is C19H19FN2O4. The van der Waals surface area contributed by atoms with Gasteiger partial charge in [-0.1, -0.05) is 29.8 Å². The van der Waals surface area contributed by atoms with Gasteiger partial charge < -0.3 is 15.0 Å². The smallest absolute Gasteiger partial charge is 0.341 e. The Morgan fingerprint density at radius 2 is 1.73 bits per heavy atom. The number of aryl methyl sites for hydroxylation is 1. The van der Waals surface area contributed by atoms with Gasteiger partial charge in [0.2, 0.25) is 5.91 Å². The molecule has 0 saturated carbocycles. The van der Waals surface area contributed by atoms with E-state index in [1.54, 1.807) is 12.1 Å². The predicted molar refractivity (Wildman–Crippen MR) is 94.1 cm³/mol. The molecule has 2 aromatic carbocycles. The number of hydrogen-bond acceptors (Lipinski definition) is 4. The first-order valence-corrected chi connectivity index (χ1v) is 7.89. The number of ether oxygens (including phenoxy) is 1. The molecule has 26 heavy (non-hydrogen) atoms. The molecular weight excluding hydrogens is 339 g/mol. The Morgan fingerprint density at radius 3 is 2.38 bits per heavy atom. The van der Waals surface area contributed by atoms with Crippen molar-refractivity contribution in [2.75, 3.05) is 25.5 Å². The molecule has 1 N–H and O–H groups in total. The Hall–Kier alpha value is -3.22. The Kier molecular flexibility index (Phi) is 6.43. The molecule has 2 amide bonds. The zero-order valence-corrected chi connectivity index (χ0v) is 14.5. The number of rotatable bonds is 6. The number of carbonyl (C=O) groups excluding carboxylic acids is 3. The van der Waals surface area contributed by atoms with Crippen molar-refractivity contribution >= 4 is 23.5 Å². The lowest BCUT2D eigenvalue weighted by atomic mass is 10.2. The van der Waals surface area contributed by atoms with Gasteiger partial charge in [0.1, 0.15) is 5.82 Å². The summed E-state index contributed by atoms with van der Waals surface area (Å²) in [6, 6.07) is 12.5. The average Bonchev–Trinajstić information content (AvgIpc) is 2.61. The van der Waals surface area contributed by atoms with E-state index < -0.39 is 24.3 Å². The second-order valence-corrected chi connectivity index (χ2v) is 5.72. The molecule has 136 valence electrons. The van der Waals surface area contributed by atoms with Crippen LogP contribution in [-0.2, 0) is 14.3 Å². The molecule has 2 rings (SSSR count). The molecule has 0 aromatic heterocycles. The largest absolute Gasteiger partial charge is 0.452 e. The molecule has 0 aliphatic heterocycles. The number of carbonyl (C=O) groups is 3. The minimum atomic E-state index is -0.936.